The SMILES string of the molecule is CCCCCCCCCCCC[PH](C)(C)CCC. The molecule has 0 aliphatic heterocycles. The molecule has 0 aliphatic carbocycles. The van der Waals surface area contributed by atoms with Gasteiger partial charge in [-0.05, 0) is 0 Å². The van der Waals surface area contributed by atoms with Gasteiger partial charge in [-0.15, -0.1) is 0 Å². The van der Waals surface area contributed by atoms with Gasteiger partial charge in [0.2, 0.25) is 0 Å². The molecule has 0 saturated heterocycles. The molecule has 0 rings (SSSR count). The molecule has 0 aromatic carbocycles. The van der Waals surface area contributed by atoms with Crippen molar-refractivity contribution in [3.63, 3.8) is 0 Å². The van der Waals surface area contributed by atoms with Crippen molar-refractivity contribution in [2.75, 3.05) is 25.7 Å². The fraction of sp³-hybridized carbons (Fsp3) is 1.00. The van der Waals surface area contributed by atoms with Crippen molar-refractivity contribution in [1.29, 1.82) is 0 Å². The van der Waals surface area contributed by atoms with Crippen LogP contribution in [0.5, 0.6) is 0 Å². The molecule has 0 saturated carbocycles. The summed E-state index contributed by atoms with van der Waals surface area (Å²) in [7, 11) is -0.794. The van der Waals surface area contributed by atoms with E-state index in [4.69, 9.17) is 0 Å². The van der Waals surface area contributed by atoms with Crippen LogP contribution in [0.15, 0.2) is 0 Å². The van der Waals surface area contributed by atoms with Crippen LogP contribution >= 0.6 is 7.26 Å². The Morgan fingerprint density at radius 2 is 0.944 bits per heavy atom. The summed E-state index contributed by atoms with van der Waals surface area (Å²) in [6.45, 7) is 9.78. The average molecular weight is 274 g/mol. The van der Waals surface area contributed by atoms with Crippen LogP contribution in [-0.2, 0) is 0 Å². The van der Waals surface area contributed by atoms with Crippen LogP contribution in [0.2, 0.25) is 0 Å². The Balaban J connectivity index is 3.16. The van der Waals surface area contributed by atoms with E-state index >= 15 is 0 Å². The average Bonchev–Trinajstić information content (AvgIpc) is 2.31. The molecule has 0 spiro atoms. The molecule has 0 N–H and O–H groups in total. The van der Waals surface area contributed by atoms with Crippen molar-refractivity contribution in [2.24, 2.45) is 0 Å². The van der Waals surface area contributed by atoms with Gasteiger partial charge in [0.25, 0.3) is 0 Å². The van der Waals surface area contributed by atoms with Crippen LogP contribution in [0.3, 0.4) is 0 Å². The normalized spacial score (nSPS) is 12.9. The van der Waals surface area contributed by atoms with Gasteiger partial charge in [0.1, 0.15) is 0 Å². The van der Waals surface area contributed by atoms with Crippen molar-refractivity contribution in [1.82, 2.24) is 0 Å². The fourth-order valence-electron chi connectivity index (χ4n) is 2.89. The van der Waals surface area contributed by atoms with Gasteiger partial charge in [-0.25, -0.2) is 0 Å². The van der Waals surface area contributed by atoms with Crippen molar-refractivity contribution in [2.45, 2.75) is 84.5 Å². The predicted molar refractivity (Wildman–Crippen MR) is 92.0 cm³/mol. The third kappa shape index (κ3) is 12.9. The Labute approximate surface area is 118 Å². The molecule has 18 heavy (non-hydrogen) atoms. The second-order valence-electron chi connectivity index (χ2n) is 6.85. The van der Waals surface area contributed by atoms with E-state index in [0.717, 1.165) is 0 Å². The minimum absolute atomic E-state index is 0.794. The molecule has 0 heterocycles. The first-order valence-electron chi connectivity index (χ1n) is 8.62. The van der Waals surface area contributed by atoms with Gasteiger partial charge in [-0.2, -0.15) is 0 Å². The van der Waals surface area contributed by atoms with E-state index in [1.54, 1.807) is 6.16 Å². The van der Waals surface area contributed by atoms with Gasteiger partial charge >= 0.3 is 117 Å². The van der Waals surface area contributed by atoms with Crippen molar-refractivity contribution < 1.29 is 0 Å². The van der Waals surface area contributed by atoms with Gasteiger partial charge in [0.15, 0.2) is 0 Å². The predicted octanol–water partition coefficient (Wildman–Crippen LogP) is 6.33. The van der Waals surface area contributed by atoms with Gasteiger partial charge in [-0.3, -0.25) is 0 Å². The maximum absolute atomic E-state index is 2.57. The van der Waals surface area contributed by atoms with Crippen LogP contribution < -0.4 is 0 Å². The summed E-state index contributed by atoms with van der Waals surface area (Å²) in [5.74, 6) is 0. The number of hydrogen-bond donors (Lipinski definition) is 0. The first-order valence-corrected chi connectivity index (χ1v) is 12.0. The zero-order valence-electron chi connectivity index (χ0n) is 13.7. The van der Waals surface area contributed by atoms with E-state index in [1.807, 2.05) is 0 Å². The summed E-state index contributed by atoms with van der Waals surface area (Å²) in [5.41, 5.74) is 0. The molecule has 0 nitrogen and oxygen atoms in total. The summed E-state index contributed by atoms with van der Waals surface area (Å²) in [4.78, 5) is 0. The summed E-state index contributed by atoms with van der Waals surface area (Å²) < 4.78 is 0. The van der Waals surface area contributed by atoms with Gasteiger partial charge in [0.05, 0.1) is 0 Å². The monoisotopic (exact) mass is 274 g/mol. The van der Waals surface area contributed by atoms with Crippen molar-refractivity contribution in [3.05, 3.63) is 0 Å². The Kier molecular flexibility index (Phi) is 12.8. The molecule has 0 atom stereocenters. The van der Waals surface area contributed by atoms with Gasteiger partial charge in [-0.1, -0.05) is 0 Å². The van der Waals surface area contributed by atoms with E-state index < -0.39 is 7.26 Å². The molecule has 0 fully saturated rings. The van der Waals surface area contributed by atoms with Crippen LogP contribution in [0.1, 0.15) is 84.5 Å². The molecule has 1 heteroatoms. The molecule has 0 unspecified atom stereocenters. The van der Waals surface area contributed by atoms with Crippen LogP contribution in [0, 0.1) is 0 Å². The van der Waals surface area contributed by atoms with Gasteiger partial charge < -0.3 is 0 Å². The molecule has 0 radical (unpaired) electrons. The number of hydrogen-bond acceptors (Lipinski definition) is 0. The quantitative estimate of drug-likeness (QED) is 0.272. The Morgan fingerprint density at radius 1 is 0.500 bits per heavy atom. The van der Waals surface area contributed by atoms with Crippen LogP contribution in [-0.4, -0.2) is 25.7 Å². The Bertz CT molecular complexity index is 163. The topological polar surface area (TPSA) is 0 Å². The van der Waals surface area contributed by atoms with Gasteiger partial charge in [0, 0.05) is 0 Å². The molecule has 0 aromatic heterocycles. The molecule has 0 aliphatic rings. The van der Waals surface area contributed by atoms with E-state index in [1.165, 1.54) is 76.8 Å². The minimum atomic E-state index is -0.794. The second-order valence-corrected chi connectivity index (χ2v) is 12.2. The maximum atomic E-state index is 2.57. The summed E-state index contributed by atoms with van der Waals surface area (Å²) in [6, 6.07) is 0. The van der Waals surface area contributed by atoms with Crippen LogP contribution in [0.4, 0.5) is 0 Å². The summed E-state index contributed by atoms with van der Waals surface area (Å²) >= 11 is 0. The first kappa shape index (κ1) is 18.4. The fourth-order valence-corrected chi connectivity index (χ4v) is 5.70. The molecule has 112 valence electrons. The van der Waals surface area contributed by atoms with Crippen molar-refractivity contribution in [3.8, 4) is 0 Å². The standard InChI is InChI=1S/C17H39P/c1-5-7-8-9-10-11-12-13-14-15-17-18(3,4)16-6-2/h18H,5-17H2,1-4H3. The molecule has 0 bridgehead atoms. The van der Waals surface area contributed by atoms with E-state index in [9.17, 15) is 0 Å². The summed E-state index contributed by atoms with van der Waals surface area (Å²) in [5, 5.41) is 0. The molecule has 0 aromatic rings. The zero-order valence-corrected chi connectivity index (χ0v) is 14.7. The number of rotatable bonds is 13. The summed E-state index contributed by atoms with van der Waals surface area (Å²) in [6.07, 6.45) is 19.2. The third-order valence-corrected chi connectivity index (χ3v) is 7.69. The number of unbranched alkanes of at least 4 members (excludes halogenated alkanes) is 9. The molecule has 0 amide bonds. The van der Waals surface area contributed by atoms with E-state index in [2.05, 4.69) is 27.2 Å². The zero-order chi connectivity index (χ0) is 13.7. The third-order valence-electron chi connectivity index (χ3n) is 4.13. The molecular formula is C17H39P. The first-order chi connectivity index (χ1) is 8.62. The van der Waals surface area contributed by atoms with E-state index in [0.29, 0.717) is 0 Å². The van der Waals surface area contributed by atoms with Crippen LogP contribution in [0.25, 0.3) is 0 Å². The Hall–Kier alpha value is 0.430. The Morgan fingerprint density at radius 3 is 1.39 bits per heavy atom. The van der Waals surface area contributed by atoms with Crippen molar-refractivity contribution >= 4 is 7.26 Å². The second kappa shape index (κ2) is 12.5. The van der Waals surface area contributed by atoms with E-state index in [-0.39, 0.29) is 0 Å². The molecular weight excluding hydrogens is 235 g/mol.